The molecule has 17 heavy (non-hydrogen) atoms. The zero-order valence-electron chi connectivity index (χ0n) is 9.52. The second kappa shape index (κ2) is 6.07. The van der Waals surface area contributed by atoms with Crippen LogP contribution in [0.25, 0.3) is 11.5 Å². The second-order valence-corrected chi connectivity index (χ2v) is 5.07. The van der Waals surface area contributed by atoms with Crippen molar-refractivity contribution in [1.29, 1.82) is 0 Å². The molecule has 0 spiro atoms. The first-order valence-electron chi connectivity index (χ1n) is 5.52. The van der Waals surface area contributed by atoms with Crippen molar-refractivity contribution in [3.63, 3.8) is 0 Å². The summed E-state index contributed by atoms with van der Waals surface area (Å²) in [5.74, 6) is 1.53. The predicted molar refractivity (Wildman–Crippen MR) is 70.4 cm³/mol. The van der Waals surface area contributed by atoms with Crippen molar-refractivity contribution in [2.75, 3.05) is 5.75 Å². The number of hydrogen-bond donors (Lipinski definition) is 0. The summed E-state index contributed by atoms with van der Waals surface area (Å²) in [7, 11) is 0. The van der Waals surface area contributed by atoms with Gasteiger partial charge >= 0.3 is 0 Å². The molecular weight excluding hydrogens is 256 g/mol. The lowest BCUT2D eigenvalue weighted by atomic mass is 10.2. The first kappa shape index (κ1) is 12.5. The van der Waals surface area contributed by atoms with E-state index < -0.39 is 0 Å². The topological polar surface area (TPSA) is 38.9 Å². The van der Waals surface area contributed by atoms with E-state index in [2.05, 4.69) is 17.1 Å². The van der Waals surface area contributed by atoms with E-state index in [1.807, 2.05) is 24.3 Å². The quantitative estimate of drug-likeness (QED) is 0.599. The van der Waals surface area contributed by atoms with E-state index in [9.17, 15) is 0 Å². The van der Waals surface area contributed by atoms with Crippen molar-refractivity contribution in [1.82, 2.24) is 10.2 Å². The number of thioether (sulfide) groups is 1. The summed E-state index contributed by atoms with van der Waals surface area (Å²) in [6, 6.07) is 7.40. The summed E-state index contributed by atoms with van der Waals surface area (Å²) in [5.41, 5.74) is 0.854. The minimum atomic E-state index is 0.520. The summed E-state index contributed by atoms with van der Waals surface area (Å²) >= 11 is 7.50. The molecule has 0 saturated carbocycles. The van der Waals surface area contributed by atoms with Gasteiger partial charge in [0, 0.05) is 16.3 Å². The van der Waals surface area contributed by atoms with Gasteiger partial charge in [-0.15, -0.1) is 10.2 Å². The van der Waals surface area contributed by atoms with E-state index in [0.717, 1.165) is 17.7 Å². The van der Waals surface area contributed by atoms with Crippen LogP contribution in [0.15, 0.2) is 33.9 Å². The second-order valence-electron chi connectivity index (χ2n) is 3.59. The van der Waals surface area contributed by atoms with Gasteiger partial charge in [0.2, 0.25) is 5.89 Å². The van der Waals surface area contributed by atoms with Gasteiger partial charge in [0.05, 0.1) is 0 Å². The first-order chi connectivity index (χ1) is 8.29. The van der Waals surface area contributed by atoms with Crippen molar-refractivity contribution in [3.8, 4) is 11.5 Å². The van der Waals surface area contributed by atoms with Gasteiger partial charge in [0.25, 0.3) is 5.22 Å². The van der Waals surface area contributed by atoms with Gasteiger partial charge in [0.1, 0.15) is 0 Å². The van der Waals surface area contributed by atoms with Crippen LogP contribution < -0.4 is 0 Å². The summed E-state index contributed by atoms with van der Waals surface area (Å²) in [4.78, 5) is 0. The molecule has 0 aliphatic carbocycles. The van der Waals surface area contributed by atoms with Crippen LogP contribution >= 0.6 is 23.4 Å². The molecule has 2 rings (SSSR count). The van der Waals surface area contributed by atoms with E-state index in [0.29, 0.717) is 16.1 Å². The Morgan fingerprint density at radius 3 is 3.00 bits per heavy atom. The van der Waals surface area contributed by atoms with E-state index in [1.54, 1.807) is 11.8 Å². The number of aromatic nitrogens is 2. The Morgan fingerprint density at radius 2 is 2.24 bits per heavy atom. The molecule has 0 bridgehead atoms. The Labute approximate surface area is 110 Å². The molecule has 0 N–H and O–H groups in total. The van der Waals surface area contributed by atoms with Gasteiger partial charge in [-0.05, 0) is 24.6 Å². The van der Waals surface area contributed by atoms with Gasteiger partial charge in [-0.25, -0.2) is 0 Å². The molecular formula is C12H13ClN2OS. The molecule has 1 aromatic carbocycles. The van der Waals surface area contributed by atoms with E-state index in [-0.39, 0.29) is 0 Å². The lowest BCUT2D eigenvalue weighted by molar-refractivity contribution is 0.466. The number of benzene rings is 1. The van der Waals surface area contributed by atoms with E-state index in [4.69, 9.17) is 16.0 Å². The van der Waals surface area contributed by atoms with Crippen LogP contribution in [-0.2, 0) is 0 Å². The number of rotatable bonds is 5. The third-order valence-corrected chi connectivity index (χ3v) is 3.34. The van der Waals surface area contributed by atoms with Crippen LogP contribution in [0.4, 0.5) is 0 Å². The fourth-order valence-electron chi connectivity index (χ4n) is 1.31. The van der Waals surface area contributed by atoms with Crippen LogP contribution in [-0.4, -0.2) is 16.0 Å². The first-order valence-corrected chi connectivity index (χ1v) is 6.88. The molecule has 0 saturated heterocycles. The van der Waals surface area contributed by atoms with Crippen LogP contribution in [0.2, 0.25) is 5.02 Å². The molecule has 0 atom stereocenters. The molecule has 0 radical (unpaired) electrons. The Balaban J connectivity index is 2.07. The minimum Gasteiger partial charge on any atom is -0.411 e. The number of unbranched alkanes of at least 4 members (excludes halogenated alkanes) is 1. The highest BCUT2D eigenvalue weighted by Gasteiger charge is 2.08. The highest BCUT2D eigenvalue weighted by molar-refractivity contribution is 7.99. The van der Waals surface area contributed by atoms with Gasteiger partial charge in [-0.3, -0.25) is 0 Å². The molecule has 0 fully saturated rings. The lowest BCUT2D eigenvalue weighted by Gasteiger charge is -1.95. The lowest BCUT2D eigenvalue weighted by Crippen LogP contribution is -1.77. The minimum absolute atomic E-state index is 0.520. The predicted octanol–water partition coefficient (Wildman–Crippen LogP) is 4.28. The third kappa shape index (κ3) is 3.48. The molecule has 1 aromatic heterocycles. The molecule has 0 aliphatic rings. The standard InChI is InChI=1S/C12H13ClN2OS/c1-2-3-7-17-12-15-14-11(16-12)9-5-4-6-10(13)8-9/h4-6,8H,2-3,7H2,1H3. The SMILES string of the molecule is CCCCSc1nnc(-c2cccc(Cl)c2)o1. The van der Waals surface area contributed by atoms with Crippen molar-refractivity contribution in [2.45, 2.75) is 25.0 Å². The highest BCUT2D eigenvalue weighted by atomic mass is 35.5. The maximum Gasteiger partial charge on any atom is 0.276 e. The average Bonchev–Trinajstić information content (AvgIpc) is 2.78. The average molecular weight is 269 g/mol. The molecule has 5 heteroatoms. The number of nitrogens with zero attached hydrogens (tertiary/aromatic N) is 2. The molecule has 3 nitrogen and oxygen atoms in total. The van der Waals surface area contributed by atoms with Gasteiger partial charge < -0.3 is 4.42 Å². The Morgan fingerprint density at radius 1 is 1.35 bits per heavy atom. The Bertz CT molecular complexity index is 487. The van der Waals surface area contributed by atoms with E-state index in [1.165, 1.54) is 6.42 Å². The van der Waals surface area contributed by atoms with Gasteiger partial charge in [-0.2, -0.15) is 0 Å². The monoisotopic (exact) mass is 268 g/mol. The summed E-state index contributed by atoms with van der Waals surface area (Å²) < 4.78 is 5.55. The molecule has 2 aromatic rings. The maximum absolute atomic E-state index is 5.91. The fourth-order valence-corrected chi connectivity index (χ4v) is 2.34. The normalized spacial score (nSPS) is 10.7. The molecule has 0 aliphatic heterocycles. The van der Waals surface area contributed by atoms with Gasteiger partial charge in [0.15, 0.2) is 0 Å². The zero-order valence-corrected chi connectivity index (χ0v) is 11.1. The summed E-state index contributed by atoms with van der Waals surface area (Å²) in [5, 5.41) is 9.29. The number of hydrogen-bond acceptors (Lipinski definition) is 4. The summed E-state index contributed by atoms with van der Waals surface area (Å²) in [6.45, 7) is 2.16. The molecule has 0 unspecified atom stereocenters. The molecule has 0 amide bonds. The van der Waals surface area contributed by atoms with Crippen LogP contribution in [0.5, 0.6) is 0 Å². The summed E-state index contributed by atoms with van der Waals surface area (Å²) in [6.07, 6.45) is 2.32. The van der Waals surface area contributed by atoms with Crippen molar-refractivity contribution in [3.05, 3.63) is 29.3 Å². The van der Waals surface area contributed by atoms with Gasteiger partial charge in [-0.1, -0.05) is 42.8 Å². The highest BCUT2D eigenvalue weighted by Crippen LogP contribution is 2.25. The van der Waals surface area contributed by atoms with Crippen molar-refractivity contribution < 1.29 is 4.42 Å². The molecule has 1 heterocycles. The number of halogens is 1. The smallest absolute Gasteiger partial charge is 0.276 e. The van der Waals surface area contributed by atoms with E-state index >= 15 is 0 Å². The maximum atomic E-state index is 5.91. The van der Waals surface area contributed by atoms with Crippen LogP contribution in [0, 0.1) is 0 Å². The Kier molecular flexibility index (Phi) is 4.45. The van der Waals surface area contributed by atoms with Crippen LogP contribution in [0.3, 0.4) is 0 Å². The fraction of sp³-hybridized carbons (Fsp3) is 0.333. The largest absolute Gasteiger partial charge is 0.411 e. The van der Waals surface area contributed by atoms with Crippen molar-refractivity contribution in [2.24, 2.45) is 0 Å². The third-order valence-electron chi connectivity index (χ3n) is 2.20. The van der Waals surface area contributed by atoms with Crippen molar-refractivity contribution >= 4 is 23.4 Å². The Hall–Kier alpha value is -1.00. The zero-order chi connectivity index (χ0) is 12.1. The van der Waals surface area contributed by atoms with Crippen LogP contribution in [0.1, 0.15) is 19.8 Å². The molecule has 90 valence electrons.